The van der Waals surface area contributed by atoms with Crippen molar-refractivity contribution in [1.29, 1.82) is 0 Å². The van der Waals surface area contributed by atoms with Crippen molar-refractivity contribution >= 4 is 5.97 Å². The molecule has 0 radical (unpaired) electrons. The van der Waals surface area contributed by atoms with Gasteiger partial charge >= 0.3 is 5.97 Å². The Kier molecular flexibility index (Phi) is 10.2. The van der Waals surface area contributed by atoms with Gasteiger partial charge in [-0.25, -0.2) is 0 Å². The standard InChI is InChI=1S/C27H52O2/c1-19-11-13-21(3)24(15-19)25(28)29-18-23(22(4)17-27(8,9)10)14-12-20(2)16-26(5,6)7/h19-24H,11-18H2,1-10H3. The summed E-state index contributed by atoms with van der Waals surface area (Å²) in [6.07, 6.45) is 8.25. The van der Waals surface area contributed by atoms with Crippen LogP contribution >= 0.6 is 0 Å². The summed E-state index contributed by atoms with van der Waals surface area (Å²) < 4.78 is 5.99. The Hall–Kier alpha value is -0.530. The smallest absolute Gasteiger partial charge is 0.309 e. The molecule has 0 amide bonds. The third-order valence-electron chi connectivity index (χ3n) is 6.93. The molecule has 6 unspecified atom stereocenters. The third kappa shape index (κ3) is 10.9. The number of esters is 1. The van der Waals surface area contributed by atoms with E-state index in [1.807, 2.05) is 0 Å². The average Bonchev–Trinajstić information content (AvgIpc) is 2.53. The molecule has 172 valence electrons. The second-order valence-corrected chi connectivity index (χ2v) is 13.1. The maximum absolute atomic E-state index is 12.9. The Labute approximate surface area is 182 Å². The highest BCUT2D eigenvalue weighted by molar-refractivity contribution is 5.72. The Balaban J connectivity index is 2.68. The van der Waals surface area contributed by atoms with Crippen molar-refractivity contribution in [2.24, 2.45) is 46.3 Å². The molecule has 0 aromatic rings. The lowest BCUT2D eigenvalue weighted by Gasteiger charge is -2.33. The minimum atomic E-state index is 0.0692. The average molecular weight is 409 g/mol. The molecule has 0 saturated heterocycles. The molecule has 0 N–H and O–H groups in total. The summed E-state index contributed by atoms with van der Waals surface area (Å²) in [4.78, 5) is 12.9. The molecule has 1 saturated carbocycles. The van der Waals surface area contributed by atoms with Crippen LogP contribution in [0.4, 0.5) is 0 Å². The molecule has 0 aromatic heterocycles. The minimum absolute atomic E-state index is 0.0692. The fraction of sp³-hybridized carbons (Fsp3) is 0.963. The highest BCUT2D eigenvalue weighted by Crippen LogP contribution is 2.36. The molecular formula is C27H52O2. The molecule has 0 heterocycles. The molecule has 1 fully saturated rings. The molecule has 6 atom stereocenters. The van der Waals surface area contributed by atoms with Crippen molar-refractivity contribution in [3.8, 4) is 0 Å². The minimum Gasteiger partial charge on any atom is -0.465 e. The number of carbonyl (C=O) groups excluding carboxylic acids is 1. The predicted octanol–water partition coefficient (Wildman–Crippen LogP) is 8.14. The summed E-state index contributed by atoms with van der Waals surface area (Å²) in [5, 5.41) is 0. The van der Waals surface area contributed by atoms with E-state index in [9.17, 15) is 4.79 Å². The van der Waals surface area contributed by atoms with E-state index in [1.54, 1.807) is 0 Å². The number of carbonyl (C=O) groups is 1. The summed E-state index contributed by atoms with van der Waals surface area (Å²) >= 11 is 0. The zero-order valence-electron chi connectivity index (χ0n) is 21.4. The first-order valence-electron chi connectivity index (χ1n) is 12.3. The molecule has 0 bridgehead atoms. The first kappa shape index (κ1) is 26.5. The van der Waals surface area contributed by atoms with Gasteiger partial charge in [-0.2, -0.15) is 0 Å². The van der Waals surface area contributed by atoms with Crippen molar-refractivity contribution in [2.75, 3.05) is 6.61 Å². The first-order chi connectivity index (χ1) is 13.2. The molecule has 2 heteroatoms. The monoisotopic (exact) mass is 408 g/mol. The fourth-order valence-corrected chi connectivity index (χ4v) is 5.47. The molecule has 1 rings (SSSR count). The van der Waals surface area contributed by atoms with E-state index in [-0.39, 0.29) is 11.9 Å². The summed E-state index contributed by atoms with van der Waals surface area (Å²) in [5.41, 5.74) is 0.693. The number of hydrogen-bond donors (Lipinski definition) is 0. The lowest BCUT2D eigenvalue weighted by Crippen LogP contribution is -2.32. The van der Waals surface area contributed by atoms with E-state index in [0.29, 0.717) is 47.0 Å². The topological polar surface area (TPSA) is 26.3 Å². The van der Waals surface area contributed by atoms with Crippen LogP contribution in [0.5, 0.6) is 0 Å². The number of rotatable bonds is 9. The maximum atomic E-state index is 12.9. The fourth-order valence-electron chi connectivity index (χ4n) is 5.47. The first-order valence-corrected chi connectivity index (χ1v) is 12.3. The molecule has 0 aliphatic heterocycles. The Morgan fingerprint density at radius 3 is 2.07 bits per heavy atom. The Morgan fingerprint density at radius 1 is 0.931 bits per heavy atom. The van der Waals surface area contributed by atoms with E-state index in [4.69, 9.17) is 4.74 Å². The van der Waals surface area contributed by atoms with Gasteiger partial charge in [0, 0.05) is 0 Å². The van der Waals surface area contributed by atoms with Gasteiger partial charge in [0.1, 0.15) is 0 Å². The summed E-state index contributed by atoms with van der Waals surface area (Å²) in [6, 6.07) is 0. The van der Waals surface area contributed by atoms with Gasteiger partial charge < -0.3 is 4.74 Å². The zero-order valence-corrected chi connectivity index (χ0v) is 21.4. The number of hydrogen-bond acceptors (Lipinski definition) is 2. The van der Waals surface area contributed by atoms with Gasteiger partial charge in [0.05, 0.1) is 12.5 Å². The highest BCUT2D eigenvalue weighted by atomic mass is 16.5. The maximum Gasteiger partial charge on any atom is 0.309 e. The van der Waals surface area contributed by atoms with Crippen LogP contribution in [0.1, 0.15) is 114 Å². The van der Waals surface area contributed by atoms with E-state index in [2.05, 4.69) is 69.2 Å². The largest absolute Gasteiger partial charge is 0.465 e. The molecule has 29 heavy (non-hydrogen) atoms. The van der Waals surface area contributed by atoms with Gasteiger partial charge in [-0.1, -0.05) is 82.1 Å². The van der Waals surface area contributed by atoms with Gasteiger partial charge in [-0.15, -0.1) is 0 Å². The van der Waals surface area contributed by atoms with E-state index >= 15 is 0 Å². The van der Waals surface area contributed by atoms with Crippen molar-refractivity contribution < 1.29 is 9.53 Å². The van der Waals surface area contributed by atoms with Crippen LogP contribution in [-0.2, 0) is 9.53 Å². The summed E-state index contributed by atoms with van der Waals surface area (Å²) in [5.74, 6) is 3.06. The van der Waals surface area contributed by atoms with Gasteiger partial charge in [0.15, 0.2) is 0 Å². The third-order valence-corrected chi connectivity index (χ3v) is 6.93. The van der Waals surface area contributed by atoms with Crippen LogP contribution < -0.4 is 0 Å². The quantitative estimate of drug-likeness (QED) is 0.360. The lowest BCUT2D eigenvalue weighted by atomic mass is 9.75. The molecule has 1 aliphatic rings. The van der Waals surface area contributed by atoms with E-state index < -0.39 is 0 Å². The van der Waals surface area contributed by atoms with Crippen LogP contribution in [0, 0.1) is 46.3 Å². The zero-order chi connectivity index (χ0) is 22.4. The van der Waals surface area contributed by atoms with Crippen molar-refractivity contribution in [1.82, 2.24) is 0 Å². The van der Waals surface area contributed by atoms with Crippen molar-refractivity contribution in [3.63, 3.8) is 0 Å². The van der Waals surface area contributed by atoms with Gasteiger partial charge in [-0.3, -0.25) is 4.79 Å². The second kappa shape index (κ2) is 11.2. The van der Waals surface area contributed by atoms with Crippen molar-refractivity contribution in [2.45, 2.75) is 114 Å². The van der Waals surface area contributed by atoms with Crippen LogP contribution in [-0.4, -0.2) is 12.6 Å². The van der Waals surface area contributed by atoms with E-state index in [0.717, 1.165) is 12.8 Å². The van der Waals surface area contributed by atoms with Gasteiger partial charge in [0.2, 0.25) is 0 Å². The predicted molar refractivity (Wildman–Crippen MR) is 126 cm³/mol. The van der Waals surface area contributed by atoms with Gasteiger partial charge in [-0.05, 0) is 72.5 Å². The normalized spacial score (nSPS) is 26.6. The molecule has 1 aliphatic carbocycles. The Morgan fingerprint density at radius 2 is 1.52 bits per heavy atom. The second-order valence-electron chi connectivity index (χ2n) is 13.1. The molecule has 0 spiro atoms. The van der Waals surface area contributed by atoms with Crippen LogP contribution in [0.25, 0.3) is 0 Å². The van der Waals surface area contributed by atoms with Gasteiger partial charge in [0.25, 0.3) is 0 Å². The molecule has 2 nitrogen and oxygen atoms in total. The van der Waals surface area contributed by atoms with Crippen LogP contribution in [0.2, 0.25) is 0 Å². The Bertz CT molecular complexity index is 482. The summed E-state index contributed by atoms with van der Waals surface area (Å²) in [7, 11) is 0. The van der Waals surface area contributed by atoms with Crippen molar-refractivity contribution in [3.05, 3.63) is 0 Å². The van der Waals surface area contributed by atoms with Crippen LogP contribution in [0.3, 0.4) is 0 Å². The lowest BCUT2D eigenvalue weighted by molar-refractivity contribution is -0.154. The summed E-state index contributed by atoms with van der Waals surface area (Å²) in [6.45, 7) is 23.8. The highest BCUT2D eigenvalue weighted by Gasteiger charge is 2.33. The van der Waals surface area contributed by atoms with Crippen LogP contribution in [0.15, 0.2) is 0 Å². The SMILES string of the molecule is CC1CCC(C)C(C(=O)OCC(CCC(C)CC(C)(C)C)C(C)CC(C)(C)C)C1. The number of ether oxygens (including phenoxy) is 1. The molecule has 0 aromatic carbocycles. The van der Waals surface area contributed by atoms with E-state index in [1.165, 1.54) is 32.1 Å². The molecular weight excluding hydrogens is 356 g/mol.